The van der Waals surface area contributed by atoms with Crippen LogP contribution in [0.15, 0.2) is 24.3 Å². The maximum Gasteiger partial charge on any atom is 0.263 e. The van der Waals surface area contributed by atoms with Crippen molar-refractivity contribution in [1.29, 1.82) is 0 Å². The van der Waals surface area contributed by atoms with Crippen LogP contribution in [0.3, 0.4) is 0 Å². The summed E-state index contributed by atoms with van der Waals surface area (Å²) in [5.41, 5.74) is 2.91. The van der Waals surface area contributed by atoms with E-state index < -0.39 is 0 Å². The largest absolute Gasteiger partial charge is 0.378 e. The normalized spacial score (nSPS) is 20.0. The van der Waals surface area contributed by atoms with Gasteiger partial charge in [-0.15, -0.1) is 0 Å². The molecule has 2 saturated heterocycles. The second-order valence-corrected chi connectivity index (χ2v) is 7.96. The van der Waals surface area contributed by atoms with Crippen LogP contribution in [0.1, 0.15) is 28.1 Å². The number of rotatable bonds is 5. The first-order chi connectivity index (χ1) is 13.2. The van der Waals surface area contributed by atoms with Crippen LogP contribution >= 0.6 is 11.3 Å². The predicted octanol–water partition coefficient (Wildman–Crippen LogP) is 2.86. The summed E-state index contributed by atoms with van der Waals surface area (Å²) < 4.78 is 11.1. The standard InChI is InChI=1S/C20H25N3O3S/c1-14-4-6-15(7-5-14)17-18(19(24)21-13-16-3-2-10-26-16)27-20(22-17)23-8-11-25-12-9-23/h4-7,16H,2-3,8-13H2,1H3,(H,21,24)/t16-/m0/s1. The summed E-state index contributed by atoms with van der Waals surface area (Å²) >= 11 is 1.46. The highest BCUT2D eigenvalue weighted by atomic mass is 32.1. The molecule has 1 aromatic carbocycles. The molecule has 27 heavy (non-hydrogen) atoms. The fourth-order valence-electron chi connectivity index (χ4n) is 3.35. The van der Waals surface area contributed by atoms with E-state index in [1.54, 1.807) is 0 Å². The number of nitrogens with one attached hydrogen (secondary N) is 1. The molecule has 1 aromatic heterocycles. The van der Waals surface area contributed by atoms with Crippen molar-refractivity contribution in [2.75, 3.05) is 44.4 Å². The Morgan fingerprint density at radius 1 is 1.26 bits per heavy atom. The smallest absolute Gasteiger partial charge is 0.263 e. The second kappa shape index (κ2) is 8.37. The minimum Gasteiger partial charge on any atom is -0.378 e. The van der Waals surface area contributed by atoms with Gasteiger partial charge in [0.1, 0.15) is 4.88 Å². The van der Waals surface area contributed by atoms with E-state index in [9.17, 15) is 4.79 Å². The molecule has 2 aliphatic rings. The van der Waals surface area contributed by atoms with Crippen LogP contribution in [0.4, 0.5) is 5.13 Å². The van der Waals surface area contributed by atoms with Gasteiger partial charge < -0.3 is 19.7 Å². The number of ether oxygens (including phenoxy) is 2. The fraction of sp³-hybridized carbons (Fsp3) is 0.500. The third-order valence-corrected chi connectivity index (χ3v) is 6.06. The number of anilines is 1. The Kier molecular flexibility index (Phi) is 5.71. The first-order valence-corrected chi connectivity index (χ1v) is 10.3. The topological polar surface area (TPSA) is 63.7 Å². The number of nitrogens with zero attached hydrogens (tertiary/aromatic N) is 2. The van der Waals surface area contributed by atoms with Crippen LogP contribution < -0.4 is 10.2 Å². The molecule has 0 aliphatic carbocycles. The fourth-order valence-corrected chi connectivity index (χ4v) is 4.41. The lowest BCUT2D eigenvalue weighted by atomic mass is 10.1. The third kappa shape index (κ3) is 4.31. The SMILES string of the molecule is Cc1ccc(-c2nc(N3CCOCC3)sc2C(=O)NC[C@@H]2CCCO2)cc1. The minimum absolute atomic E-state index is 0.0712. The lowest BCUT2D eigenvalue weighted by molar-refractivity contribution is 0.0861. The first kappa shape index (κ1) is 18.4. The Morgan fingerprint density at radius 3 is 2.74 bits per heavy atom. The minimum atomic E-state index is -0.0712. The quantitative estimate of drug-likeness (QED) is 0.855. The van der Waals surface area contributed by atoms with Crippen molar-refractivity contribution < 1.29 is 14.3 Å². The van der Waals surface area contributed by atoms with Crippen LogP contribution in [0.2, 0.25) is 0 Å². The third-order valence-electron chi connectivity index (χ3n) is 4.94. The van der Waals surface area contributed by atoms with E-state index in [-0.39, 0.29) is 12.0 Å². The van der Waals surface area contributed by atoms with Crippen molar-refractivity contribution in [3.8, 4) is 11.3 Å². The molecule has 2 fully saturated rings. The molecule has 144 valence electrons. The molecule has 0 spiro atoms. The number of aryl methyl sites for hydroxylation is 1. The number of hydrogen-bond donors (Lipinski definition) is 1. The molecular formula is C20H25N3O3S. The molecule has 0 unspecified atom stereocenters. The average Bonchev–Trinajstić information content (AvgIpc) is 3.37. The Hall–Kier alpha value is -1.96. The number of amides is 1. The van der Waals surface area contributed by atoms with Crippen molar-refractivity contribution in [2.24, 2.45) is 0 Å². The maximum atomic E-state index is 12.9. The van der Waals surface area contributed by atoms with Crippen LogP contribution in [-0.2, 0) is 9.47 Å². The zero-order chi connectivity index (χ0) is 18.6. The zero-order valence-electron chi connectivity index (χ0n) is 15.6. The summed E-state index contributed by atoms with van der Waals surface area (Å²) in [6.07, 6.45) is 2.20. The van der Waals surface area contributed by atoms with Gasteiger partial charge in [-0.1, -0.05) is 41.2 Å². The van der Waals surface area contributed by atoms with E-state index in [1.807, 2.05) is 12.1 Å². The molecule has 1 atom stereocenters. The van der Waals surface area contributed by atoms with Crippen LogP contribution in [0, 0.1) is 6.92 Å². The van der Waals surface area contributed by atoms with Gasteiger partial charge in [0.15, 0.2) is 5.13 Å². The highest BCUT2D eigenvalue weighted by Gasteiger charge is 2.24. The van der Waals surface area contributed by atoms with E-state index in [0.29, 0.717) is 24.6 Å². The number of hydrogen-bond acceptors (Lipinski definition) is 6. The summed E-state index contributed by atoms with van der Waals surface area (Å²) in [7, 11) is 0. The Bertz CT molecular complexity index is 778. The van der Waals surface area contributed by atoms with E-state index in [1.165, 1.54) is 16.9 Å². The van der Waals surface area contributed by atoms with Gasteiger partial charge in [0.25, 0.3) is 5.91 Å². The lowest BCUT2D eigenvalue weighted by Gasteiger charge is -2.26. The highest BCUT2D eigenvalue weighted by Crippen LogP contribution is 2.33. The maximum absolute atomic E-state index is 12.9. The molecule has 0 radical (unpaired) electrons. The number of carbonyl (C=O) groups is 1. The summed E-state index contributed by atoms with van der Waals surface area (Å²) in [5.74, 6) is -0.0712. The number of morpholine rings is 1. The molecule has 1 amide bonds. The number of benzene rings is 1. The summed E-state index contributed by atoms with van der Waals surface area (Å²) in [6, 6.07) is 8.17. The van der Waals surface area contributed by atoms with Gasteiger partial charge in [0, 0.05) is 31.8 Å². The second-order valence-electron chi connectivity index (χ2n) is 6.98. The van der Waals surface area contributed by atoms with E-state index >= 15 is 0 Å². The average molecular weight is 388 g/mol. The van der Waals surface area contributed by atoms with Crippen molar-refractivity contribution in [3.05, 3.63) is 34.7 Å². The van der Waals surface area contributed by atoms with Crippen LogP contribution in [0.25, 0.3) is 11.3 Å². The molecule has 7 heteroatoms. The molecule has 4 rings (SSSR count). The van der Waals surface area contributed by atoms with Crippen molar-refractivity contribution in [2.45, 2.75) is 25.9 Å². The molecule has 3 heterocycles. The van der Waals surface area contributed by atoms with E-state index in [4.69, 9.17) is 14.5 Å². The number of carbonyl (C=O) groups excluding carboxylic acids is 1. The molecule has 6 nitrogen and oxygen atoms in total. The monoisotopic (exact) mass is 387 g/mol. The molecule has 0 saturated carbocycles. The zero-order valence-corrected chi connectivity index (χ0v) is 16.4. The molecular weight excluding hydrogens is 362 g/mol. The molecule has 0 bridgehead atoms. The number of aromatic nitrogens is 1. The van der Waals surface area contributed by atoms with Crippen LogP contribution in [0.5, 0.6) is 0 Å². The van der Waals surface area contributed by atoms with Crippen LogP contribution in [-0.4, -0.2) is 56.5 Å². The van der Waals surface area contributed by atoms with Crippen molar-refractivity contribution in [3.63, 3.8) is 0 Å². The Labute approximate surface area is 163 Å². The molecule has 1 N–H and O–H groups in total. The van der Waals surface area contributed by atoms with Gasteiger partial charge in [0.2, 0.25) is 0 Å². The van der Waals surface area contributed by atoms with Gasteiger partial charge in [-0.25, -0.2) is 4.98 Å². The van der Waals surface area contributed by atoms with Gasteiger partial charge in [-0.3, -0.25) is 4.79 Å². The van der Waals surface area contributed by atoms with E-state index in [0.717, 1.165) is 48.9 Å². The summed E-state index contributed by atoms with van der Waals surface area (Å²) in [6.45, 7) is 6.39. The molecule has 2 aliphatic heterocycles. The first-order valence-electron chi connectivity index (χ1n) is 9.51. The van der Waals surface area contributed by atoms with Gasteiger partial charge >= 0.3 is 0 Å². The summed E-state index contributed by atoms with van der Waals surface area (Å²) in [5, 5.41) is 3.93. The van der Waals surface area contributed by atoms with Gasteiger partial charge in [-0.05, 0) is 19.8 Å². The highest BCUT2D eigenvalue weighted by molar-refractivity contribution is 7.18. The van der Waals surface area contributed by atoms with Crippen molar-refractivity contribution in [1.82, 2.24) is 10.3 Å². The lowest BCUT2D eigenvalue weighted by Crippen LogP contribution is -2.36. The van der Waals surface area contributed by atoms with Gasteiger partial charge in [0.05, 0.1) is 25.0 Å². The van der Waals surface area contributed by atoms with E-state index in [2.05, 4.69) is 29.3 Å². The number of thiazole rings is 1. The molecule has 2 aromatic rings. The van der Waals surface area contributed by atoms with Gasteiger partial charge in [-0.2, -0.15) is 0 Å². The van der Waals surface area contributed by atoms with Crippen molar-refractivity contribution >= 4 is 22.4 Å². The summed E-state index contributed by atoms with van der Waals surface area (Å²) in [4.78, 5) is 20.6. The predicted molar refractivity (Wildman–Crippen MR) is 107 cm³/mol. The Balaban J connectivity index is 1.59. The Morgan fingerprint density at radius 2 is 2.04 bits per heavy atom.